The van der Waals surface area contributed by atoms with Crippen molar-refractivity contribution < 1.29 is 8.42 Å². The molecule has 3 nitrogen and oxygen atoms in total. The van der Waals surface area contributed by atoms with E-state index >= 15 is 0 Å². The number of benzene rings is 1. The maximum atomic E-state index is 11.2. The van der Waals surface area contributed by atoms with E-state index in [0.29, 0.717) is 0 Å². The molecule has 0 aliphatic carbocycles. The summed E-state index contributed by atoms with van der Waals surface area (Å²) in [5.74, 6) is 0.168. The first-order valence-corrected chi connectivity index (χ1v) is 8.61. The van der Waals surface area contributed by atoms with E-state index in [4.69, 9.17) is 0 Å². The summed E-state index contributed by atoms with van der Waals surface area (Å²) in [6.45, 7) is 3.94. The molecule has 0 amide bonds. The molecule has 0 aromatic heterocycles. The molecule has 1 aromatic rings. The second-order valence-electron chi connectivity index (χ2n) is 4.43. The zero-order valence-electron chi connectivity index (χ0n) is 10.3. The van der Waals surface area contributed by atoms with Crippen LogP contribution in [0.2, 0.25) is 0 Å². The van der Waals surface area contributed by atoms with Gasteiger partial charge in [-0.3, -0.25) is 0 Å². The molecule has 0 spiro atoms. The first-order chi connectivity index (χ1) is 7.78. The summed E-state index contributed by atoms with van der Waals surface area (Å²) in [6.07, 6.45) is 1.26. The van der Waals surface area contributed by atoms with Gasteiger partial charge in [-0.05, 0) is 54.1 Å². The number of rotatable bonds is 5. The second-order valence-corrected chi connectivity index (χ2v) is 7.86. The van der Waals surface area contributed by atoms with Gasteiger partial charge in [0.25, 0.3) is 0 Å². The van der Waals surface area contributed by atoms with Gasteiger partial charge in [-0.1, -0.05) is 12.1 Å². The van der Waals surface area contributed by atoms with Gasteiger partial charge in [0.1, 0.15) is 9.84 Å². The Bertz CT molecular complexity index is 456. The van der Waals surface area contributed by atoms with Crippen LogP contribution in [0.3, 0.4) is 0 Å². The number of hydrogen-bond acceptors (Lipinski definition) is 3. The van der Waals surface area contributed by atoms with Gasteiger partial charge >= 0.3 is 0 Å². The standard InChI is InChI=1S/C12H18INO2S/c1-9(8-17(3,15)16)14-10(2)11-4-6-12(13)7-5-11/h4-7,9-10,14H,8H2,1-3H3. The molecule has 0 saturated carbocycles. The largest absolute Gasteiger partial charge is 0.307 e. The summed E-state index contributed by atoms with van der Waals surface area (Å²) in [4.78, 5) is 0. The van der Waals surface area contributed by atoms with Crippen molar-refractivity contribution in [2.45, 2.75) is 25.9 Å². The Kier molecular flexibility index (Phi) is 5.40. The average molecular weight is 367 g/mol. The van der Waals surface area contributed by atoms with Crippen LogP contribution in [0.4, 0.5) is 0 Å². The summed E-state index contributed by atoms with van der Waals surface area (Å²) in [7, 11) is -2.92. The molecule has 2 unspecified atom stereocenters. The summed E-state index contributed by atoms with van der Waals surface area (Å²) in [6, 6.07) is 8.34. The highest BCUT2D eigenvalue weighted by atomic mass is 127. The van der Waals surface area contributed by atoms with Crippen LogP contribution in [-0.2, 0) is 9.84 Å². The molecule has 17 heavy (non-hydrogen) atoms. The normalized spacial score (nSPS) is 15.5. The van der Waals surface area contributed by atoms with Crippen LogP contribution in [0.1, 0.15) is 25.5 Å². The first-order valence-electron chi connectivity index (χ1n) is 5.47. The lowest BCUT2D eigenvalue weighted by molar-refractivity contribution is 0.500. The molecule has 0 heterocycles. The quantitative estimate of drug-likeness (QED) is 0.813. The Morgan fingerprint density at radius 2 is 1.76 bits per heavy atom. The van der Waals surface area contributed by atoms with E-state index in [1.165, 1.54) is 15.4 Å². The van der Waals surface area contributed by atoms with Crippen molar-refractivity contribution in [3.05, 3.63) is 33.4 Å². The highest BCUT2D eigenvalue weighted by Gasteiger charge is 2.13. The van der Waals surface area contributed by atoms with E-state index in [1.54, 1.807) is 0 Å². The topological polar surface area (TPSA) is 46.2 Å². The van der Waals surface area contributed by atoms with Gasteiger partial charge in [0, 0.05) is 21.9 Å². The lowest BCUT2D eigenvalue weighted by atomic mass is 10.1. The van der Waals surface area contributed by atoms with Crippen LogP contribution in [0.25, 0.3) is 0 Å². The third-order valence-electron chi connectivity index (χ3n) is 2.46. The molecule has 0 radical (unpaired) electrons. The van der Waals surface area contributed by atoms with Gasteiger partial charge in [-0.25, -0.2) is 8.42 Å². The lowest BCUT2D eigenvalue weighted by Crippen LogP contribution is -2.34. The van der Waals surface area contributed by atoms with E-state index in [0.717, 1.165) is 0 Å². The minimum absolute atomic E-state index is 0.0423. The summed E-state index contributed by atoms with van der Waals surface area (Å²) in [5.41, 5.74) is 1.17. The summed E-state index contributed by atoms with van der Waals surface area (Å²) in [5, 5.41) is 3.29. The van der Waals surface area contributed by atoms with Crippen LogP contribution >= 0.6 is 22.6 Å². The number of hydrogen-bond donors (Lipinski definition) is 1. The van der Waals surface area contributed by atoms with Crippen LogP contribution in [0.5, 0.6) is 0 Å². The molecule has 96 valence electrons. The Morgan fingerprint density at radius 1 is 1.24 bits per heavy atom. The van der Waals surface area contributed by atoms with Crippen LogP contribution in [0.15, 0.2) is 24.3 Å². The molecule has 0 aliphatic rings. The molecule has 0 saturated heterocycles. The smallest absolute Gasteiger partial charge is 0.148 e. The fourth-order valence-electron chi connectivity index (χ4n) is 1.78. The molecular formula is C12H18INO2S. The van der Waals surface area contributed by atoms with Gasteiger partial charge in [-0.15, -0.1) is 0 Å². The van der Waals surface area contributed by atoms with Crippen molar-refractivity contribution in [1.82, 2.24) is 5.32 Å². The van der Waals surface area contributed by atoms with E-state index < -0.39 is 9.84 Å². The molecule has 2 atom stereocenters. The number of halogens is 1. The maximum absolute atomic E-state index is 11.2. The Hall–Kier alpha value is -0.140. The van der Waals surface area contributed by atoms with Gasteiger partial charge in [0.15, 0.2) is 0 Å². The maximum Gasteiger partial charge on any atom is 0.148 e. The van der Waals surface area contributed by atoms with Crippen molar-refractivity contribution in [2.24, 2.45) is 0 Å². The Balaban J connectivity index is 2.60. The average Bonchev–Trinajstić information content (AvgIpc) is 2.15. The highest BCUT2D eigenvalue weighted by Crippen LogP contribution is 2.15. The summed E-state index contributed by atoms with van der Waals surface area (Å²) >= 11 is 2.26. The zero-order valence-corrected chi connectivity index (χ0v) is 13.2. The van der Waals surface area contributed by atoms with Crippen molar-refractivity contribution in [3.8, 4) is 0 Å². The molecule has 0 bridgehead atoms. The van der Waals surface area contributed by atoms with Gasteiger partial charge in [-0.2, -0.15) is 0 Å². The van der Waals surface area contributed by atoms with Crippen molar-refractivity contribution >= 4 is 32.4 Å². The molecule has 0 aliphatic heterocycles. The Morgan fingerprint density at radius 3 is 2.24 bits per heavy atom. The monoisotopic (exact) mass is 367 g/mol. The zero-order chi connectivity index (χ0) is 13.1. The van der Waals surface area contributed by atoms with E-state index in [1.807, 2.05) is 13.8 Å². The second kappa shape index (κ2) is 6.15. The third kappa shape index (κ3) is 5.83. The fraction of sp³-hybridized carbons (Fsp3) is 0.500. The van der Waals surface area contributed by atoms with Crippen molar-refractivity contribution in [1.29, 1.82) is 0 Å². The van der Waals surface area contributed by atoms with Gasteiger partial charge in [0.2, 0.25) is 0 Å². The molecule has 0 fully saturated rings. The predicted octanol–water partition coefficient (Wildman–Crippen LogP) is 2.37. The lowest BCUT2D eigenvalue weighted by Gasteiger charge is -2.19. The highest BCUT2D eigenvalue weighted by molar-refractivity contribution is 14.1. The molecule has 1 aromatic carbocycles. The van der Waals surface area contributed by atoms with E-state index in [2.05, 4.69) is 52.2 Å². The number of sulfone groups is 1. The minimum atomic E-state index is -2.92. The van der Waals surface area contributed by atoms with E-state index in [-0.39, 0.29) is 17.8 Å². The minimum Gasteiger partial charge on any atom is -0.307 e. The Labute approximate surface area is 117 Å². The predicted molar refractivity (Wildman–Crippen MR) is 79.9 cm³/mol. The molecule has 1 N–H and O–H groups in total. The van der Waals surface area contributed by atoms with Crippen LogP contribution < -0.4 is 5.32 Å². The van der Waals surface area contributed by atoms with Gasteiger partial charge in [0.05, 0.1) is 5.75 Å². The SMILES string of the molecule is CC(CS(C)(=O)=O)NC(C)c1ccc(I)cc1. The molecular weight excluding hydrogens is 349 g/mol. The van der Waals surface area contributed by atoms with Crippen LogP contribution in [-0.4, -0.2) is 26.5 Å². The fourth-order valence-corrected chi connectivity index (χ4v) is 3.14. The summed E-state index contributed by atoms with van der Waals surface area (Å²) < 4.78 is 23.5. The number of nitrogens with one attached hydrogen (secondary N) is 1. The first kappa shape index (κ1) is 14.9. The third-order valence-corrected chi connectivity index (χ3v) is 4.28. The molecule has 1 rings (SSSR count). The molecule has 5 heteroatoms. The van der Waals surface area contributed by atoms with Crippen LogP contribution in [0, 0.1) is 3.57 Å². The van der Waals surface area contributed by atoms with Crippen molar-refractivity contribution in [3.63, 3.8) is 0 Å². The van der Waals surface area contributed by atoms with Crippen molar-refractivity contribution in [2.75, 3.05) is 12.0 Å². The van der Waals surface area contributed by atoms with E-state index in [9.17, 15) is 8.42 Å². The van der Waals surface area contributed by atoms with Gasteiger partial charge < -0.3 is 5.32 Å².